The Morgan fingerprint density at radius 3 is 2.53 bits per heavy atom. The van der Waals surface area contributed by atoms with Gasteiger partial charge in [-0.1, -0.05) is 19.1 Å². The van der Waals surface area contributed by atoms with Crippen molar-refractivity contribution in [3.8, 4) is 6.07 Å². The first-order chi connectivity index (χ1) is 9.06. The molecule has 2 amide bonds. The first kappa shape index (κ1) is 15.0. The SMILES string of the molecule is CCC(CC#N)NC(C)c1ccc(NC(N)=O)cc1. The van der Waals surface area contributed by atoms with Crippen LogP contribution in [0.3, 0.4) is 0 Å². The van der Waals surface area contributed by atoms with Gasteiger partial charge in [0.05, 0.1) is 12.5 Å². The lowest BCUT2D eigenvalue weighted by molar-refractivity contribution is 0.259. The first-order valence-electron chi connectivity index (χ1n) is 6.36. The number of nitrogens with two attached hydrogens (primary N) is 1. The molecule has 102 valence electrons. The number of rotatable bonds is 6. The number of urea groups is 1. The third kappa shape index (κ3) is 4.98. The molecule has 0 aliphatic rings. The summed E-state index contributed by atoms with van der Waals surface area (Å²) in [6.45, 7) is 4.11. The lowest BCUT2D eigenvalue weighted by Crippen LogP contribution is -2.30. The van der Waals surface area contributed by atoms with Crippen molar-refractivity contribution in [1.82, 2.24) is 5.32 Å². The fourth-order valence-corrected chi connectivity index (χ4v) is 1.88. The quantitative estimate of drug-likeness (QED) is 0.734. The molecule has 0 heterocycles. The molecule has 19 heavy (non-hydrogen) atoms. The lowest BCUT2D eigenvalue weighted by Gasteiger charge is -2.20. The Hall–Kier alpha value is -2.06. The Labute approximate surface area is 113 Å². The van der Waals surface area contributed by atoms with Crippen LogP contribution in [0.5, 0.6) is 0 Å². The smallest absolute Gasteiger partial charge is 0.316 e. The third-order valence-corrected chi connectivity index (χ3v) is 2.99. The van der Waals surface area contributed by atoms with Gasteiger partial charge in [-0.25, -0.2) is 4.79 Å². The van der Waals surface area contributed by atoms with Gasteiger partial charge in [0, 0.05) is 17.8 Å². The molecule has 0 radical (unpaired) electrons. The fraction of sp³-hybridized carbons (Fsp3) is 0.429. The van der Waals surface area contributed by atoms with Gasteiger partial charge < -0.3 is 16.4 Å². The second-order valence-electron chi connectivity index (χ2n) is 4.47. The fourth-order valence-electron chi connectivity index (χ4n) is 1.88. The van der Waals surface area contributed by atoms with Crippen LogP contribution in [0.25, 0.3) is 0 Å². The van der Waals surface area contributed by atoms with Gasteiger partial charge in [0.25, 0.3) is 0 Å². The molecule has 0 saturated heterocycles. The molecular weight excluding hydrogens is 240 g/mol. The normalized spacial score (nSPS) is 13.3. The van der Waals surface area contributed by atoms with Crippen LogP contribution in [-0.4, -0.2) is 12.1 Å². The van der Waals surface area contributed by atoms with E-state index in [1.165, 1.54) is 0 Å². The molecule has 0 saturated carbocycles. The summed E-state index contributed by atoms with van der Waals surface area (Å²) in [5.41, 5.74) is 6.82. The molecule has 1 aromatic carbocycles. The molecule has 0 aromatic heterocycles. The zero-order valence-corrected chi connectivity index (χ0v) is 11.3. The number of amides is 2. The minimum atomic E-state index is -0.570. The Kier molecular flexibility index (Phi) is 5.83. The van der Waals surface area contributed by atoms with Crippen LogP contribution in [-0.2, 0) is 0 Å². The molecule has 2 unspecified atom stereocenters. The van der Waals surface area contributed by atoms with Gasteiger partial charge in [-0.15, -0.1) is 0 Å². The molecule has 0 aliphatic heterocycles. The summed E-state index contributed by atoms with van der Waals surface area (Å²) in [6.07, 6.45) is 1.42. The highest BCUT2D eigenvalue weighted by Gasteiger charge is 2.11. The van der Waals surface area contributed by atoms with Crippen molar-refractivity contribution < 1.29 is 4.79 Å². The molecule has 2 atom stereocenters. The predicted octanol–water partition coefficient (Wildman–Crippen LogP) is 2.52. The largest absolute Gasteiger partial charge is 0.351 e. The second kappa shape index (κ2) is 7.39. The van der Waals surface area contributed by atoms with Gasteiger partial charge in [0.15, 0.2) is 0 Å². The van der Waals surface area contributed by atoms with Crippen molar-refractivity contribution >= 4 is 11.7 Å². The summed E-state index contributed by atoms with van der Waals surface area (Å²) in [6, 6.07) is 9.45. The van der Waals surface area contributed by atoms with Crippen molar-refractivity contribution in [2.24, 2.45) is 5.73 Å². The Bertz CT molecular complexity index is 450. The van der Waals surface area contributed by atoms with E-state index in [-0.39, 0.29) is 12.1 Å². The van der Waals surface area contributed by atoms with Crippen molar-refractivity contribution in [2.45, 2.75) is 38.8 Å². The standard InChI is InChI=1S/C14H20N4O/c1-3-12(8-9-15)17-10(2)11-4-6-13(7-5-11)18-14(16)19/h4-7,10,12,17H,3,8H2,1-2H3,(H3,16,18,19). The molecule has 0 aliphatic carbocycles. The molecule has 5 heteroatoms. The van der Waals surface area contributed by atoms with Crippen molar-refractivity contribution in [3.05, 3.63) is 29.8 Å². The summed E-state index contributed by atoms with van der Waals surface area (Å²) in [7, 11) is 0. The van der Waals surface area contributed by atoms with Gasteiger partial charge in [0.2, 0.25) is 0 Å². The second-order valence-corrected chi connectivity index (χ2v) is 4.47. The third-order valence-electron chi connectivity index (χ3n) is 2.99. The van der Waals surface area contributed by atoms with Gasteiger partial charge in [-0.2, -0.15) is 5.26 Å². The number of hydrogen-bond acceptors (Lipinski definition) is 3. The van der Waals surface area contributed by atoms with Gasteiger partial charge in [-0.05, 0) is 31.0 Å². The number of benzene rings is 1. The highest BCUT2D eigenvalue weighted by molar-refractivity contribution is 5.87. The first-order valence-corrected chi connectivity index (χ1v) is 6.36. The minimum absolute atomic E-state index is 0.154. The summed E-state index contributed by atoms with van der Waals surface area (Å²) >= 11 is 0. The summed E-state index contributed by atoms with van der Waals surface area (Å²) < 4.78 is 0. The number of anilines is 1. The van der Waals surface area contributed by atoms with Crippen LogP contribution in [0.4, 0.5) is 10.5 Å². The maximum Gasteiger partial charge on any atom is 0.316 e. The van der Waals surface area contributed by atoms with Crippen LogP contribution in [0.1, 0.15) is 38.3 Å². The number of hydrogen-bond donors (Lipinski definition) is 3. The molecule has 5 nitrogen and oxygen atoms in total. The van der Waals surface area contributed by atoms with E-state index in [1.54, 1.807) is 0 Å². The Balaban J connectivity index is 2.64. The minimum Gasteiger partial charge on any atom is -0.351 e. The van der Waals surface area contributed by atoms with Crippen LogP contribution in [0, 0.1) is 11.3 Å². The predicted molar refractivity (Wildman–Crippen MR) is 75.5 cm³/mol. The molecule has 0 bridgehead atoms. The van der Waals surface area contributed by atoms with Gasteiger partial charge in [0.1, 0.15) is 0 Å². The zero-order valence-electron chi connectivity index (χ0n) is 11.3. The highest BCUT2D eigenvalue weighted by Crippen LogP contribution is 2.17. The van der Waals surface area contributed by atoms with Crippen LogP contribution in [0.15, 0.2) is 24.3 Å². The molecule has 1 rings (SSSR count). The van der Waals surface area contributed by atoms with Crippen molar-refractivity contribution in [3.63, 3.8) is 0 Å². The highest BCUT2D eigenvalue weighted by atomic mass is 16.2. The van der Waals surface area contributed by atoms with E-state index in [2.05, 4.69) is 30.6 Å². The monoisotopic (exact) mass is 260 g/mol. The van der Waals surface area contributed by atoms with E-state index in [0.717, 1.165) is 12.0 Å². The summed E-state index contributed by atoms with van der Waals surface area (Å²) in [4.78, 5) is 10.7. The Morgan fingerprint density at radius 1 is 1.42 bits per heavy atom. The van der Waals surface area contributed by atoms with E-state index in [0.29, 0.717) is 12.1 Å². The lowest BCUT2D eigenvalue weighted by atomic mass is 10.1. The van der Waals surface area contributed by atoms with Crippen molar-refractivity contribution in [2.75, 3.05) is 5.32 Å². The maximum absolute atomic E-state index is 10.7. The van der Waals surface area contributed by atoms with E-state index in [1.807, 2.05) is 24.3 Å². The van der Waals surface area contributed by atoms with Gasteiger partial charge in [-0.3, -0.25) is 0 Å². The van der Waals surface area contributed by atoms with E-state index < -0.39 is 6.03 Å². The number of carbonyl (C=O) groups is 1. The molecule has 1 aromatic rings. The van der Waals surface area contributed by atoms with Crippen LogP contribution in [0.2, 0.25) is 0 Å². The van der Waals surface area contributed by atoms with Crippen LogP contribution >= 0.6 is 0 Å². The number of nitriles is 1. The zero-order chi connectivity index (χ0) is 14.3. The van der Waals surface area contributed by atoms with E-state index in [4.69, 9.17) is 11.0 Å². The van der Waals surface area contributed by atoms with E-state index >= 15 is 0 Å². The Morgan fingerprint density at radius 2 is 2.05 bits per heavy atom. The van der Waals surface area contributed by atoms with Crippen molar-refractivity contribution in [1.29, 1.82) is 5.26 Å². The van der Waals surface area contributed by atoms with E-state index in [9.17, 15) is 4.79 Å². The molecule has 0 spiro atoms. The average Bonchev–Trinajstić information content (AvgIpc) is 2.38. The molecular formula is C14H20N4O. The van der Waals surface area contributed by atoms with Gasteiger partial charge >= 0.3 is 6.03 Å². The number of primary amides is 1. The summed E-state index contributed by atoms with van der Waals surface area (Å²) in [5, 5.41) is 14.7. The van der Waals surface area contributed by atoms with Crippen LogP contribution < -0.4 is 16.4 Å². The maximum atomic E-state index is 10.7. The molecule has 0 fully saturated rings. The average molecular weight is 260 g/mol. The number of carbonyl (C=O) groups excluding carboxylic acids is 1. The molecule has 4 N–H and O–H groups in total. The number of nitrogens with one attached hydrogen (secondary N) is 2. The topological polar surface area (TPSA) is 90.9 Å². The summed E-state index contributed by atoms with van der Waals surface area (Å²) in [5.74, 6) is 0. The number of nitrogens with zero attached hydrogens (tertiary/aromatic N) is 1.